The molecular weight excluding hydrogens is 518 g/mol. The van der Waals surface area contributed by atoms with Crippen LogP contribution in [0.5, 0.6) is 0 Å². The van der Waals surface area contributed by atoms with E-state index in [0.717, 1.165) is 0 Å². The molecule has 210 valence electrons. The first-order valence-electron chi connectivity index (χ1n) is 12.5. The number of esters is 1. The highest BCUT2D eigenvalue weighted by Crippen LogP contribution is 2.19. The molecule has 1 unspecified atom stereocenters. The number of carbonyl (C=O) groups is 4. The van der Waals surface area contributed by atoms with E-state index in [1.807, 2.05) is 13.8 Å². The fourth-order valence-corrected chi connectivity index (χ4v) is 4.04. The number of rotatable bonds is 11. The van der Waals surface area contributed by atoms with E-state index in [0.29, 0.717) is 23.4 Å². The Labute approximate surface area is 230 Å². The minimum absolute atomic E-state index is 0.00666. The number of nitro groups is 1. The second-order valence-corrected chi connectivity index (χ2v) is 9.59. The molecule has 0 aliphatic rings. The molecule has 0 saturated carbocycles. The maximum absolute atomic E-state index is 13.0. The van der Waals surface area contributed by atoms with Gasteiger partial charge < -0.3 is 25.3 Å². The Morgan fingerprint density at radius 3 is 2.35 bits per heavy atom. The Morgan fingerprint density at radius 1 is 0.975 bits per heavy atom. The smallest absolute Gasteiger partial charge is 0.328 e. The summed E-state index contributed by atoms with van der Waals surface area (Å²) in [6.07, 6.45) is 1.98. The number of carbonyl (C=O) groups excluding carboxylic acids is 4. The van der Waals surface area contributed by atoms with Gasteiger partial charge in [0.1, 0.15) is 11.7 Å². The SMILES string of the molecule is COC(=O)C(CC(C)C)NC(=O)Cc1cccc(NC(=O)c2cc(NC(=O)c3cccc([N+](=O)[O-])c3)cn2C)c1. The van der Waals surface area contributed by atoms with Crippen molar-refractivity contribution in [1.29, 1.82) is 0 Å². The molecule has 12 heteroatoms. The largest absolute Gasteiger partial charge is 0.467 e. The number of ether oxygens (including phenoxy) is 1. The lowest BCUT2D eigenvalue weighted by atomic mass is 10.0. The zero-order valence-corrected chi connectivity index (χ0v) is 22.6. The van der Waals surface area contributed by atoms with E-state index >= 15 is 0 Å². The average Bonchev–Trinajstić information content (AvgIpc) is 3.27. The molecule has 3 amide bonds. The molecule has 3 rings (SSSR count). The van der Waals surface area contributed by atoms with Crippen LogP contribution in [-0.2, 0) is 27.8 Å². The Bertz CT molecular complexity index is 1430. The zero-order chi connectivity index (χ0) is 29.4. The van der Waals surface area contributed by atoms with Gasteiger partial charge in [0.2, 0.25) is 5.91 Å². The Kier molecular flexibility index (Phi) is 9.74. The molecule has 3 aromatic rings. The van der Waals surface area contributed by atoms with Gasteiger partial charge in [-0.3, -0.25) is 24.5 Å². The van der Waals surface area contributed by atoms with E-state index < -0.39 is 28.7 Å². The van der Waals surface area contributed by atoms with Crippen LogP contribution in [0.2, 0.25) is 0 Å². The van der Waals surface area contributed by atoms with Crippen LogP contribution in [-0.4, -0.2) is 46.3 Å². The molecule has 1 atom stereocenters. The Morgan fingerprint density at radius 2 is 1.68 bits per heavy atom. The number of aryl methyl sites for hydroxylation is 1. The quantitative estimate of drug-likeness (QED) is 0.187. The first kappa shape index (κ1) is 29.6. The molecule has 1 heterocycles. The van der Waals surface area contributed by atoms with Crippen LogP contribution in [0.15, 0.2) is 60.8 Å². The highest BCUT2D eigenvalue weighted by molar-refractivity contribution is 6.07. The van der Waals surface area contributed by atoms with Crippen molar-refractivity contribution in [3.8, 4) is 0 Å². The summed E-state index contributed by atoms with van der Waals surface area (Å²) in [6, 6.07) is 12.8. The number of methoxy groups -OCH3 is 1. The fraction of sp³-hybridized carbons (Fsp3) is 0.286. The normalized spacial score (nSPS) is 11.4. The Hall–Kier alpha value is -5.00. The third-order valence-corrected chi connectivity index (χ3v) is 5.89. The lowest BCUT2D eigenvalue weighted by Crippen LogP contribution is -2.43. The number of anilines is 2. The van der Waals surface area contributed by atoms with Crippen molar-refractivity contribution in [2.24, 2.45) is 13.0 Å². The van der Waals surface area contributed by atoms with Crippen LogP contribution >= 0.6 is 0 Å². The lowest BCUT2D eigenvalue weighted by molar-refractivity contribution is -0.384. The van der Waals surface area contributed by atoms with Crippen molar-refractivity contribution in [1.82, 2.24) is 9.88 Å². The number of aromatic nitrogens is 1. The van der Waals surface area contributed by atoms with Crippen molar-refractivity contribution in [3.63, 3.8) is 0 Å². The number of hydrogen-bond acceptors (Lipinski definition) is 7. The van der Waals surface area contributed by atoms with Crippen molar-refractivity contribution in [2.45, 2.75) is 32.7 Å². The molecule has 0 spiro atoms. The first-order valence-corrected chi connectivity index (χ1v) is 12.5. The van der Waals surface area contributed by atoms with Crippen molar-refractivity contribution < 1.29 is 28.8 Å². The monoisotopic (exact) mass is 549 g/mol. The van der Waals surface area contributed by atoms with Gasteiger partial charge in [0, 0.05) is 36.6 Å². The van der Waals surface area contributed by atoms with Gasteiger partial charge in [0.15, 0.2) is 0 Å². The first-order chi connectivity index (χ1) is 19.0. The number of amides is 3. The number of non-ortho nitro benzene ring substituents is 1. The van der Waals surface area contributed by atoms with Crippen LogP contribution in [0.3, 0.4) is 0 Å². The van der Waals surface area contributed by atoms with Gasteiger partial charge in [-0.1, -0.05) is 32.0 Å². The van der Waals surface area contributed by atoms with E-state index in [2.05, 4.69) is 16.0 Å². The summed E-state index contributed by atoms with van der Waals surface area (Å²) in [5.74, 6) is -1.70. The molecule has 0 aliphatic carbocycles. The summed E-state index contributed by atoms with van der Waals surface area (Å²) >= 11 is 0. The number of nitrogens with zero attached hydrogens (tertiary/aromatic N) is 2. The standard InChI is InChI=1S/C28H31N5O7/c1-17(2)11-23(28(37)40-4)31-25(34)13-18-7-5-9-20(12-18)29-27(36)24-15-21(16-32(24)3)30-26(35)19-8-6-10-22(14-19)33(38)39/h5-10,12,14-17,23H,11,13H2,1-4H3,(H,29,36)(H,30,35)(H,31,34). The van der Waals surface area contributed by atoms with E-state index in [1.54, 1.807) is 37.5 Å². The van der Waals surface area contributed by atoms with Crippen LogP contribution in [0.25, 0.3) is 0 Å². The molecule has 2 aromatic carbocycles. The molecule has 0 fully saturated rings. The highest BCUT2D eigenvalue weighted by atomic mass is 16.6. The molecule has 1 aromatic heterocycles. The minimum atomic E-state index is -0.746. The van der Waals surface area contributed by atoms with Gasteiger partial charge >= 0.3 is 5.97 Å². The number of hydrogen-bond donors (Lipinski definition) is 3. The molecule has 0 bridgehead atoms. The molecular formula is C28H31N5O7. The summed E-state index contributed by atoms with van der Waals surface area (Å²) in [6.45, 7) is 3.88. The molecule has 0 saturated heterocycles. The van der Waals surface area contributed by atoms with Crippen molar-refractivity contribution in [3.05, 3.63) is 87.7 Å². The predicted molar refractivity (Wildman–Crippen MR) is 148 cm³/mol. The molecule has 0 aliphatic heterocycles. The average molecular weight is 550 g/mol. The summed E-state index contributed by atoms with van der Waals surface area (Å²) in [7, 11) is 2.91. The number of nitrogens with one attached hydrogen (secondary N) is 3. The maximum atomic E-state index is 13.0. The Balaban J connectivity index is 1.65. The molecule has 12 nitrogen and oxygen atoms in total. The van der Waals surface area contributed by atoms with Crippen molar-refractivity contribution >= 4 is 40.8 Å². The zero-order valence-electron chi connectivity index (χ0n) is 22.6. The summed E-state index contributed by atoms with van der Waals surface area (Å²) in [5, 5.41) is 19.1. The van der Waals surface area contributed by atoms with Crippen LogP contribution < -0.4 is 16.0 Å². The van der Waals surface area contributed by atoms with Gasteiger partial charge in [0.05, 0.1) is 24.1 Å². The predicted octanol–water partition coefficient (Wildman–Crippen LogP) is 3.68. The second-order valence-electron chi connectivity index (χ2n) is 9.59. The van der Waals surface area contributed by atoms with Gasteiger partial charge in [0.25, 0.3) is 17.5 Å². The molecule has 0 radical (unpaired) electrons. The number of benzene rings is 2. The maximum Gasteiger partial charge on any atom is 0.328 e. The lowest BCUT2D eigenvalue weighted by Gasteiger charge is -2.18. The van der Waals surface area contributed by atoms with Gasteiger partial charge in [-0.25, -0.2) is 4.79 Å². The third-order valence-electron chi connectivity index (χ3n) is 5.89. The van der Waals surface area contributed by atoms with Gasteiger partial charge in [-0.05, 0) is 42.2 Å². The topological polar surface area (TPSA) is 162 Å². The summed E-state index contributed by atoms with van der Waals surface area (Å²) < 4.78 is 6.31. The van der Waals surface area contributed by atoms with E-state index in [4.69, 9.17) is 4.74 Å². The van der Waals surface area contributed by atoms with E-state index in [-0.39, 0.29) is 35.2 Å². The second kappa shape index (κ2) is 13.2. The third kappa shape index (κ3) is 8.00. The highest BCUT2D eigenvalue weighted by Gasteiger charge is 2.23. The molecule has 40 heavy (non-hydrogen) atoms. The van der Waals surface area contributed by atoms with Crippen molar-refractivity contribution in [2.75, 3.05) is 17.7 Å². The summed E-state index contributed by atoms with van der Waals surface area (Å²) in [5.41, 5.74) is 1.54. The van der Waals surface area contributed by atoms with Gasteiger partial charge in [-0.15, -0.1) is 0 Å². The van der Waals surface area contributed by atoms with E-state index in [9.17, 15) is 29.3 Å². The van der Waals surface area contributed by atoms with E-state index in [1.165, 1.54) is 42.0 Å². The number of nitro benzene ring substituents is 1. The van der Waals surface area contributed by atoms with Crippen LogP contribution in [0.1, 0.15) is 46.7 Å². The minimum Gasteiger partial charge on any atom is -0.467 e. The molecule has 3 N–H and O–H groups in total. The summed E-state index contributed by atoms with van der Waals surface area (Å²) in [4.78, 5) is 60.5. The fourth-order valence-electron chi connectivity index (χ4n) is 4.04. The van der Waals surface area contributed by atoms with Gasteiger partial charge in [-0.2, -0.15) is 0 Å². The van der Waals surface area contributed by atoms with Crippen LogP contribution in [0.4, 0.5) is 17.1 Å². The van der Waals surface area contributed by atoms with Crippen LogP contribution in [0, 0.1) is 16.0 Å².